The predicted molar refractivity (Wildman–Crippen MR) is 82.0 cm³/mol. The molecule has 6 heteroatoms. The van der Waals surface area contributed by atoms with Crippen LogP contribution in [0.3, 0.4) is 0 Å². The number of carbonyl (C=O) groups excluding carboxylic acids is 2. The second-order valence-electron chi connectivity index (χ2n) is 6.56. The summed E-state index contributed by atoms with van der Waals surface area (Å²) < 4.78 is 10.5. The topological polar surface area (TPSA) is 64.6 Å². The molecular weight excluding hydrogens is 326 g/mol. The fourth-order valence-electron chi connectivity index (χ4n) is 1.35. The maximum absolute atomic E-state index is 12.1. The number of nitrogens with one attached hydrogen (secondary N) is 1. The zero-order valence-electron chi connectivity index (χ0n) is 13.2. The van der Waals surface area contributed by atoms with Gasteiger partial charge in [-0.2, -0.15) is 0 Å². The van der Waals surface area contributed by atoms with Crippen molar-refractivity contribution in [3.63, 3.8) is 0 Å². The van der Waals surface area contributed by atoms with Crippen LogP contribution in [0.4, 0.5) is 4.79 Å². The Morgan fingerprint density at radius 3 is 1.95 bits per heavy atom. The molecule has 0 rings (SSSR count). The monoisotopic (exact) mass is 351 g/mol. The van der Waals surface area contributed by atoms with Crippen LogP contribution in [0, 0.1) is 0 Å². The maximum Gasteiger partial charge on any atom is 0.408 e. The average molecular weight is 352 g/mol. The number of carbonyl (C=O) groups is 2. The molecule has 0 aromatic heterocycles. The lowest BCUT2D eigenvalue weighted by atomic mass is 10.1. The summed E-state index contributed by atoms with van der Waals surface area (Å²) in [7, 11) is 0. The third kappa shape index (κ3) is 10.1. The number of amides is 1. The van der Waals surface area contributed by atoms with E-state index < -0.39 is 29.3 Å². The molecule has 0 saturated heterocycles. The quantitative estimate of drug-likeness (QED) is 0.608. The Balaban J connectivity index is 4.63. The minimum absolute atomic E-state index is 0.440. The zero-order valence-corrected chi connectivity index (χ0v) is 14.8. The first-order valence-corrected chi connectivity index (χ1v) is 7.85. The molecular formula is C14H26BrNO4. The Labute approximate surface area is 129 Å². The molecule has 0 aliphatic carbocycles. The van der Waals surface area contributed by atoms with Crippen molar-refractivity contribution >= 4 is 28.0 Å². The van der Waals surface area contributed by atoms with Crippen LogP contribution in [-0.2, 0) is 14.3 Å². The SMILES string of the molecule is CC(C)(C)OC(=O)N[C@@H](CCCBr)C(=O)OC(C)(C)C. The van der Waals surface area contributed by atoms with Gasteiger partial charge in [-0.3, -0.25) is 0 Å². The van der Waals surface area contributed by atoms with E-state index >= 15 is 0 Å². The molecule has 5 nitrogen and oxygen atoms in total. The summed E-state index contributed by atoms with van der Waals surface area (Å²) in [5.74, 6) is -0.440. The van der Waals surface area contributed by atoms with E-state index in [1.165, 1.54) is 0 Å². The van der Waals surface area contributed by atoms with Gasteiger partial charge in [0.1, 0.15) is 17.2 Å². The van der Waals surface area contributed by atoms with E-state index in [9.17, 15) is 9.59 Å². The summed E-state index contributed by atoms with van der Waals surface area (Å²) in [5.41, 5.74) is -1.18. The first kappa shape index (κ1) is 19.2. The number of ether oxygens (including phenoxy) is 2. The van der Waals surface area contributed by atoms with Crippen LogP contribution in [-0.4, -0.2) is 34.6 Å². The molecule has 1 amide bonds. The van der Waals surface area contributed by atoms with Gasteiger partial charge in [0.25, 0.3) is 0 Å². The van der Waals surface area contributed by atoms with E-state index in [4.69, 9.17) is 9.47 Å². The van der Waals surface area contributed by atoms with E-state index in [2.05, 4.69) is 21.2 Å². The van der Waals surface area contributed by atoms with E-state index in [0.29, 0.717) is 6.42 Å². The van der Waals surface area contributed by atoms with Crippen LogP contribution in [0.25, 0.3) is 0 Å². The summed E-state index contributed by atoms with van der Waals surface area (Å²) >= 11 is 3.31. The first-order valence-electron chi connectivity index (χ1n) is 6.73. The van der Waals surface area contributed by atoms with Gasteiger partial charge in [0, 0.05) is 5.33 Å². The van der Waals surface area contributed by atoms with Crippen LogP contribution in [0.2, 0.25) is 0 Å². The van der Waals surface area contributed by atoms with E-state index in [-0.39, 0.29) is 0 Å². The fraction of sp³-hybridized carbons (Fsp3) is 0.857. The van der Waals surface area contributed by atoms with Crippen molar-refractivity contribution in [1.82, 2.24) is 5.32 Å². The van der Waals surface area contributed by atoms with Crippen LogP contribution < -0.4 is 5.32 Å². The molecule has 0 saturated carbocycles. The second kappa shape index (κ2) is 7.86. The highest BCUT2D eigenvalue weighted by Crippen LogP contribution is 2.12. The van der Waals surface area contributed by atoms with Crippen molar-refractivity contribution in [2.24, 2.45) is 0 Å². The number of alkyl carbamates (subject to hydrolysis) is 1. The van der Waals surface area contributed by atoms with Crippen molar-refractivity contribution in [1.29, 1.82) is 0 Å². The molecule has 0 aromatic rings. The summed E-state index contributed by atoms with van der Waals surface area (Å²) in [4.78, 5) is 23.8. The highest BCUT2D eigenvalue weighted by atomic mass is 79.9. The van der Waals surface area contributed by atoms with E-state index in [0.717, 1.165) is 11.8 Å². The van der Waals surface area contributed by atoms with E-state index in [1.54, 1.807) is 41.5 Å². The lowest BCUT2D eigenvalue weighted by Gasteiger charge is -2.26. The second-order valence-corrected chi connectivity index (χ2v) is 7.36. The molecule has 0 radical (unpaired) electrons. The Bertz CT molecular complexity index is 331. The molecule has 0 aromatic carbocycles. The molecule has 0 spiro atoms. The lowest BCUT2D eigenvalue weighted by molar-refractivity contribution is -0.157. The van der Waals surface area contributed by atoms with Crippen LogP contribution in [0.1, 0.15) is 54.4 Å². The van der Waals surface area contributed by atoms with Crippen molar-refractivity contribution < 1.29 is 19.1 Å². The van der Waals surface area contributed by atoms with Gasteiger partial charge in [0.15, 0.2) is 0 Å². The van der Waals surface area contributed by atoms with Gasteiger partial charge in [-0.1, -0.05) is 15.9 Å². The molecule has 0 heterocycles. The van der Waals surface area contributed by atoms with Crippen LogP contribution in [0.5, 0.6) is 0 Å². The van der Waals surface area contributed by atoms with Gasteiger partial charge in [-0.25, -0.2) is 9.59 Å². The minimum Gasteiger partial charge on any atom is -0.458 e. The van der Waals surface area contributed by atoms with Gasteiger partial charge in [-0.15, -0.1) is 0 Å². The van der Waals surface area contributed by atoms with Gasteiger partial charge < -0.3 is 14.8 Å². The van der Waals surface area contributed by atoms with Gasteiger partial charge in [0.2, 0.25) is 0 Å². The van der Waals surface area contributed by atoms with Crippen molar-refractivity contribution in [2.45, 2.75) is 71.6 Å². The summed E-state index contributed by atoms with van der Waals surface area (Å²) in [6, 6.07) is -0.693. The summed E-state index contributed by atoms with van der Waals surface area (Å²) in [6.45, 7) is 10.7. The molecule has 0 unspecified atom stereocenters. The average Bonchev–Trinajstić information content (AvgIpc) is 2.18. The molecule has 1 atom stereocenters. The van der Waals surface area contributed by atoms with Gasteiger partial charge in [0.05, 0.1) is 0 Å². The van der Waals surface area contributed by atoms with Crippen molar-refractivity contribution in [2.75, 3.05) is 5.33 Å². The maximum atomic E-state index is 12.1. The van der Waals surface area contributed by atoms with E-state index in [1.807, 2.05) is 0 Å². The normalized spacial score (nSPS) is 13.6. The first-order chi connectivity index (χ1) is 8.94. The van der Waals surface area contributed by atoms with Crippen molar-refractivity contribution in [3.8, 4) is 0 Å². The molecule has 0 aliphatic rings. The zero-order chi connectivity index (χ0) is 16.0. The minimum atomic E-state index is -0.693. The van der Waals surface area contributed by atoms with Crippen molar-refractivity contribution in [3.05, 3.63) is 0 Å². The number of rotatable bonds is 5. The Kier molecular flexibility index (Phi) is 7.55. The number of hydrogen-bond acceptors (Lipinski definition) is 4. The lowest BCUT2D eigenvalue weighted by Crippen LogP contribution is -2.46. The Morgan fingerprint density at radius 2 is 1.55 bits per heavy atom. The van der Waals surface area contributed by atoms with Crippen LogP contribution >= 0.6 is 15.9 Å². The fourth-order valence-corrected chi connectivity index (χ4v) is 1.68. The Morgan fingerprint density at radius 1 is 1.05 bits per heavy atom. The molecule has 0 aliphatic heterocycles. The number of hydrogen-bond donors (Lipinski definition) is 1. The number of alkyl halides is 1. The number of esters is 1. The molecule has 118 valence electrons. The third-order valence-corrected chi connectivity index (χ3v) is 2.57. The largest absolute Gasteiger partial charge is 0.458 e. The van der Waals surface area contributed by atoms with Crippen LogP contribution in [0.15, 0.2) is 0 Å². The number of halogens is 1. The highest BCUT2D eigenvalue weighted by Gasteiger charge is 2.28. The third-order valence-electron chi connectivity index (χ3n) is 2.01. The molecule has 1 N–H and O–H groups in total. The van der Waals surface area contributed by atoms with Gasteiger partial charge in [-0.05, 0) is 54.4 Å². The standard InChI is InChI=1S/C14H26BrNO4/c1-13(2,3)19-11(17)10(8-7-9-15)16-12(18)20-14(4,5)6/h10H,7-9H2,1-6H3,(H,16,18)/t10-/m0/s1. The molecule has 0 bridgehead atoms. The smallest absolute Gasteiger partial charge is 0.408 e. The summed E-state index contributed by atoms with van der Waals surface area (Å²) in [6.07, 6.45) is 0.641. The molecule has 0 fully saturated rings. The molecule has 20 heavy (non-hydrogen) atoms. The Hall–Kier alpha value is -0.780. The highest BCUT2D eigenvalue weighted by molar-refractivity contribution is 9.09. The summed E-state index contributed by atoms with van der Waals surface area (Å²) in [5, 5.41) is 3.33. The predicted octanol–water partition coefficient (Wildman–Crippen LogP) is 3.40. The van der Waals surface area contributed by atoms with Gasteiger partial charge >= 0.3 is 12.1 Å².